The molecule has 0 fully saturated rings. The Morgan fingerprint density at radius 1 is 1.30 bits per heavy atom. The number of hydrogen-bond donors (Lipinski definition) is 2. The molecule has 3 aromatic rings. The Morgan fingerprint density at radius 2 is 2.07 bits per heavy atom. The number of ether oxygens (including phenoxy) is 1. The van der Waals surface area contributed by atoms with Gasteiger partial charge in [0.25, 0.3) is 5.56 Å². The van der Waals surface area contributed by atoms with E-state index >= 15 is 0 Å². The van der Waals surface area contributed by atoms with Crippen molar-refractivity contribution in [1.82, 2.24) is 9.55 Å². The number of aryl methyl sites for hydroxylation is 1. The topological polar surface area (TPSA) is 90.1 Å². The van der Waals surface area contributed by atoms with Crippen LogP contribution in [-0.2, 0) is 24.8 Å². The van der Waals surface area contributed by atoms with E-state index in [0.29, 0.717) is 24.2 Å². The van der Waals surface area contributed by atoms with Crippen LogP contribution < -0.4 is 16.0 Å². The van der Waals surface area contributed by atoms with Crippen LogP contribution in [0.1, 0.15) is 25.0 Å². The summed E-state index contributed by atoms with van der Waals surface area (Å²) in [5.74, 6) is 0.886. The molecule has 2 aromatic heterocycles. The van der Waals surface area contributed by atoms with Crippen molar-refractivity contribution in [2.24, 2.45) is 18.7 Å². The average molecular weight is 365 g/mol. The molecule has 4 rings (SSSR count). The number of nitrogens with zero attached hydrogens (tertiary/aromatic N) is 1. The van der Waals surface area contributed by atoms with Gasteiger partial charge in [-0.3, -0.25) is 9.59 Å². The molecule has 1 aliphatic rings. The van der Waals surface area contributed by atoms with Gasteiger partial charge < -0.3 is 20.0 Å². The highest BCUT2D eigenvalue weighted by Crippen LogP contribution is 2.41. The van der Waals surface area contributed by atoms with E-state index in [0.717, 1.165) is 27.6 Å². The maximum Gasteiger partial charge on any atom is 0.274 e. The largest absolute Gasteiger partial charge is 0.481 e. The summed E-state index contributed by atoms with van der Waals surface area (Å²) in [5.41, 5.74) is 9.90. The number of benzene rings is 1. The summed E-state index contributed by atoms with van der Waals surface area (Å²) in [6.07, 6.45) is 3.45. The maximum atomic E-state index is 12.5. The number of aromatic amines is 1. The predicted molar refractivity (Wildman–Crippen MR) is 105 cm³/mol. The van der Waals surface area contributed by atoms with Crippen LogP contribution in [0.3, 0.4) is 0 Å². The summed E-state index contributed by atoms with van der Waals surface area (Å²) < 4.78 is 7.76. The van der Waals surface area contributed by atoms with Crippen LogP contribution in [0.4, 0.5) is 0 Å². The highest BCUT2D eigenvalue weighted by Gasteiger charge is 2.32. The number of carbonyl (C=O) groups is 1. The molecule has 1 atom stereocenters. The van der Waals surface area contributed by atoms with E-state index in [1.165, 1.54) is 0 Å². The SMILES string of the molecule is CC(C)C1Oc2c(cc(CN)cc2-c2cn(C)c(=O)c3[nH]ccc23)CC1=O. The monoisotopic (exact) mass is 365 g/mol. The third kappa shape index (κ3) is 2.77. The van der Waals surface area contributed by atoms with Crippen LogP contribution in [-0.4, -0.2) is 21.4 Å². The molecule has 1 aliphatic heterocycles. The number of nitrogens with two attached hydrogens (primary N) is 1. The van der Waals surface area contributed by atoms with Crippen molar-refractivity contribution >= 4 is 16.7 Å². The first-order valence-electron chi connectivity index (χ1n) is 9.13. The van der Waals surface area contributed by atoms with Gasteiger partial charge >= 0.3 is 0 Å². The van der Waals surface area contributed by atoms with Gasteiger partial charge in [-0.1, -0.05) is 19.9 Å². The number of pyridine rings is 1. The summed E-state index contributed by atoms with van der Waals surface area (Å²) in [6.45, 7) is 4.33. The zero-order valence-corrected chi connectivity index (χ0v) is 15.7. The van der Waals surface area contributed by atoms with E-state index in [-0.39, 0.29) is 17.3 Å². The first kappa shape index (κ1) is 17.5. The summed E-state index contributed by atoms with van der Waals surface area (Å²) in [6, 6.07) is 5.84. The molecule has 0 aliphatic carbocycles. The fourth-order valence-electron chi connectivity index (χ4n) is 3.82. The lowest BCUT2D eigenvalue weighted by atomic mass is 9.89. The molecule has 6 nitrogen and oxygen atoms in total. The molecule has 0 saturated heterocycles. The second kappa shape index (κ2) is 6.39. The Balaban J connectivity index is 2.01. The molecule has 1 aromatic carbocycles. The number of aromatic nitrogens is 2. The highest BCUT2D eigenvalue weighted by atomic mass is 16.5. The Labute approximate surface area is 156 Å². The van der Waals surface area contributed by atoms with Gasteiger partial charge in [0.2, 0.25) is 0 Å². The van der Waals surface area contributed by atoms with Crippen molar-refractivity contribution in [3.63, 3.8) is 0 Å². The molecule has 0 amide bonds. The summed E-state index contributed by atoms with van der Waals surface area (Å²) in [5, 5.41) is 0.830. The van der Waals surface area contributed by atoms with Gasteiger partial charge in [-0.15, -0.1) is 0 Å². The average Bonchev–Trinajstić information content (AvgIpc) is 3.13. The molecule has 6 heteroatoms. The summed E-state index contributed by atoms with van der Waals surface area (Å²) in [4.78, 5) is 27.9. The molecule has 0 spiro atoms. The van der Waals surface area contributed by atoms with E-state index in [1.807, 2.05) is 38.2 Å². The standard InChI is InChI=1S/C21H23N3O3/c1-11(2)19-17(25)8-13-6-12(9-22)7-15(20(13)27-19)16-10-24(3)21(26)18-14(16)4-5-23-18/h4-7,10-11,19,23H,8-9,22H2,1-3H3. The van der Waals surface area contributed by atoms with Gasteiger partial charge in [0.05, 0.1) is 0 Å². The van der Waals surface area contributed by atoms with Gasteiger partial charge in [-0.2, -0.15) is 0 Å². The minimum Gasteiger partial charge on any atom is -0.481 e. The van der Waals surface area contributed by atoms with Crippen LogP contribution in [0, 0.1) is 5.92 Å². The van der Waals surface area contributed by atoms with Gasteiger partial charge in [-0.05, 0) is 23.6 Å². The summed E-state index contributed by atoms with van der Waals surface area (Å²) in [7, 11) is 1.73. The number of H-pyrrole nitrogens is 1. The number of ketones is 1. The van der Waals surface area contributed by atoms with E-state index in [9.17, 15) is 9.59 Å². The Hall–Kier alpha value is -2.86. The second-order valence-corrected chi connectivity index (χ2v) is 7.49. The van der Waals surface area contributed by atoms with Crippen molar-refractivity contribution in [1.29, 1.82) is 0 Å². The van der Waals surface area contributed by atoms with Crippen LogP contribution >= 0.6 is 0 Å². The molecule has 3 N–H and O–H groups in total. The predicted octanol–water partition coefficient (Wildman–Crippen LogP) is 2.52. The van der Waals surface area contributed by atoms with Crippen LogP contribution in [0.2, 0.25) is 0 Å². The van der Waals surface area contributed by atoms with E-state index in [4.69, 9.17) is 10.5 Å². The van der Waals surface area contributed by atoms with E-state index in [2.05, 4.69) is 4.98 Å². The van der Waals surface area contributed by atoms with Crippen LogP contribution in [0.5, 0.6) is 5.75 Å². The third-order valence-electron chi connectivity index (χ3n) is 5.18. The quantitative estimate of drug-likeness (QED) is 0.746. The summed E-state index contributed by atoms with van der Waals surface area (Å²) >= 11 is 0. The second-order valence-electron chi connectivity index (χ2n) is 7.49. The fraction of sp³-hybridized carbons (Fsp3) is 0.333. The van der Waals surface area contributed by atoms with Crippen LogP contribution in [0.25, 0.3) is 22.0 Å². The number of carbonyl (C=O) groups excluding carboxylic acids is 1. The molecule has 1 unspecified atom stereocenters. The lowest BCUT2D eigenvalue weighted by molar-refractivity contribution is -0.128. The van der Waals surface area contributed by atoms with E-state index < -0.39 is 6.10 Å². The fourth-order valence-corrected chi connectivity index (χ4v) is 3.82. The van der Waals surface area contributed by atoms with Gasteiger partial charge in [0, 0.05) is 54.5 Å². The van der Waals surface area contributed by atoms with Crippen molar-refractivity contribution in [3.8, 4) is 16.9 Å². The minimum absolute atomic E-state index is 0.0834. The lowest BCUT2D eigenvalue weighted by Gasteiger charge is -2.30. The van der Waals surface area contributed by atoms with Crippen molar-refractivity contribution < 1.29 is 9.53 Å². The zero-order chi connectivity index (χ0) is 19.3. The number of fused-ring (bicyclic) bond motifs is 2. The molecule has 0 bridgehead atoms. The first-order chi connectivity index (χ1) is 12.9. The van der Waals surface area contributed by atoms with Crippen LogP contribution in [0.15, 0.2) is 35.4 Å². The minimum atomic E-state index is -0.464. The first-order valence-corrected chi connectivity index (χ1v) is 9.13. The molecule has 27 heavy (non-hydrogen) atoms. The zero-order valence-electron chi connectivity index (χ0n) is 15.7. The number of hydrogen-bond acceptors (Lipinski definition) is 4. The molecule has 0 saturated carbocycles. The molecular weight excluding hydrogens is 342 g/mol. The van der Waals surface area contributed by atoms with Crippen molar-refractivity contribution in [3.05, 3.63) is 52.1 Å². The van der Waals surface area contributed by atoms with Crippen molar-refractivity contribution in [2.75, 3.05) is 0 Å². The highest BCUT2D eigenvalue weighted by molar-refractivity contribution is 5.97. The number of rotatable bonds is 3. The Kier molecular flexibility index (Phi) is 4.15. The number of Topliss-reactive ketones (excluding diaryl/α,β-unsaturated/α-hetero) is 1. The molecule has 3 heterocycles. The van der Waals surface area contributed by atoms with Gasteiger partial charge in [0.1, 0.15) is 11.3 Å². The Bertz CT molecular complexity index is 1110. The smallest absolute Gasteiger partial charge is 0.274 e. The lowest BCUT2D eigenvalue weighted by Crippen LogP contribution is -2.37. The maximum absolute atomic E-state index is 12.5. The number of nitrogens with one attached hydrogen (secondary N) is 1. The normalized spacial score (nSPS) is 16.6. The third-order valence-corrected chi connectivity index (χ3v) is 5.18. The molecule has 140 valence electrons. The Morgan fingerprint density at radius 3 is 2.78 bits per heavy atom. The molecule has 0 radical (unpaired) electrons. The van der Waals surface area contributed by atoms with Gasteiger partial charge in [-0.25, -0.2) is 0 Å². The van der Waals surface area contributed by atoms with E-state index in [1.54, 1.807) is 17.8 Å². The van der Waals surface area contributed by atoms with Crippen molar-refractivity contribution in [2.45, 2.75) is 32.9 Å². The van der Waals surface area contributed by atoms with Gasteiger partial charge in [0.15, 0.2) is 11.9 Å². The molecular formula is C21H23N3O3.